The van der Waals surface area contributed by atoms with Crippen LogP contribution in [0.15, 0.2) is 18.7 Å². The molecule has 19 heavy (non-hydrogen) atoms. The summed E-state index contributed by atoms with van der Waals surface area (Å²) in [6, 6.07) is 2.91. The minimum absolute atomic E-state index is 0.0737. The van der Waals surface area contributed by atoms with E-state index in [1.54, 1.807) is 6.07 Å². The number of phenols is 1. The summed E-state index contributed by atoms with van der Waals surface area (Å²) in [5.74, 6) is -1.61. The third kappa shape index (κ3) is 1.23. The lowest BCUT2D eigenvalue weighted by molar-refractivity contribution is -0.182. The highest BCUT2D eigenvalue weighted by molar-refractivity contribution is 5.90. The molecule has 3 atom stereocenters. The zero-order chi connectivity index (χ0) is 13.4. The monoisotopic (exact) mass is 260 g/mol. The van der Waals surface area contributed by atoms with E-state index < -0.39 is 5.79 Å². The molecule has 4 rings (SSSR count). The molecule has 6 nitrogen and oxygen atoms in total. The number of hydrogen-bond donors (Lipinski definition) is 3. The number of nitrogens with one attached hydrogen (secondary N) is 1. The molecule has 6 heteroatoms. The third-order valence-corrected chi connectivity index (χ3v) is 3.98. The van der Waals surface area contributed by atoms with Crippen LogP contribution in [0.5, 0.6) is 5.75 Å². The molecule has 0 radical (unpaired) electrons. The molecule has 0 spiro atoms. The lowest BCUT2D eigenvalue weighted by atomic mass is 9.89. The van der Waals surface area contributed by atoms with Crippen molar-refractivity contribution in [1.29, 1.82) is 0 Å². The fraction of sp³-hybridized carbons (Fsp3) is 0.308. The van der Waals surface area contributed by atoms with Crippen LogP contribution in [0.25, 0.3) is 5.57 Å². The van der Waals surface area contributed by atoms with E-state index in [2.05, 4.69) is 11.9 Å². The molecule has 3 heterocycles. The maximum absolute atomic E-state index is 10.9. The zero-order valence-corrected chi connectivity index (χ0v) is 9.96. The highest BCUT2D eigenvalue weighted by Crippen LogP contribution is 2.51. The summed E-state index contributed by atoms with van der Waals surface area (Å²) < 4.78 is 0. The van der Waals surface area contributed by atoms with Crippen molar-refractivity contribution in [2.45, 2.75) is 17.9 Å². The summed E-state index contributed by atoms with van der Waals surface area (Å²) in [5, 5.41) is 25.3. The number of rotatable bonds is 1. The van der Waals surface area contributed by atoms with Gasteiger partial charge in [-0.05, 0) is 12.1 Å². The molecule has 1 aromatic carbocycles. The van der Waals surface area contributed by atoms with Crippen molar-refractivity contribution in [2.75, 3.05) is 11.6 Å². The number of aromatic hydroxyl groups is 1. The van der Waals surface area contributed by atoms with Gasteiger partial charge >= 0.3 is 0 Å². The Balaban J connectivity index is 1.96. The third-order valence-electron chi connectivity index (χ3n) is 3.98. The lowest BCUT2D eigenvalue weighted by Gasteiger charge is -2.44. The maximum Gasteiger partial charge on any atom is 0.235 e. The number of carbonyl (C=O) groups excluding carboxylic acids is 1. The molecule has 1 aromatic rings. The molecule has 0 aromatic heterocycles. The number of benzene rings is 1. The van der Waals surface area contributed by atoms with E-state index in [0.717, 1.165) is 0 Å². The van der Waals surface area contributed by atoms with Gasteiger partial charge in [0.25, 0.3) is 0 Å². The number of nitrogens with zero attached hydrogens (tertiary/aromatic N) is 1. The Bertz CT molecular complexity index is 629. The molecule has 3 aliphatic heterocycles. The Morgan fingerprint density at radius 3 is 3.11 bits per heavy atom. The van der Waals surface area contributed by atoms with E-state index in [-0.39, 0.29) is 17.8 Å². The van der Waals surface area contributed by atoms with Crippen molar-refractivity contribution < 1.29 is 19.8 Å². The average Bonchev–Trinajstić information content (AvgIpc) is 3.15. The first-order valence-electron chi connectivity index (χ1n) is 6.01. The summed E-state index contributed by atoms with van der Waals surface area (Å²) >= 11 is 0. The second-order valence-electron chi connectivity index (χ2n) is 5.13. The molecule has 0 saturated carbocycles. The van der Waals surface area contributed by atoms with Crippen LogP contribution in [0.3, 0.4) is 0 Å². The molecule has 2 bridgehead atoms. The smallest absolute Gasteiger partial charge is 0.235 e. The number of hydrogen-bond acceptors (Lipinski definition) is 6. The average molecular weight is 260 g/mol. The maximum atomic E-state index is 10.9. The van der Waals surface area contributed by atoms with Gasteiger partial charge in [0, 0.05) is 17.2 Å². The second kappa shape index (κ2) is 3.16. The molecule has 3 aliphatic rings. The predicted octanol–water partition coefficient (Wildman–Crippen LogP) is 0.0121. The van der Waals surface area contributed by atoms with Crippen molar-refractivity contribution in [3.8, 4) is 5.75 Å². The Morgan fingerprint density at radius 1 is 1.58 bits per heavy atom. The van der Waals surface area contributed by atoms with Gasteiger partial charge in [-0.25, -0.2) is 9.90 Å². The van der Waals surface area contributed by atoms with Gasteiger partial charge in [0.15, 0.2) is 0 Å². The summed E-state index contributed by atoms with van der Waals surface area (Å²) in [7, 11) is 0. The molecule has 0 aliphatic carbocycles. The van der Waals surface area contributed by atoms with E-state index in [1.165, 1.54) is 11.1 Å². The second-order valence-corrected chi connectivity index (χ2v) is 5.13. The van der Waals surface area contributed by atoms with Crippen LogP contribution in [0.1, 0.15) is 15.9 Å². The predicted molar refractivity (Wildman–Crippen MR) is 66.6 cm³/mol. The topological polar surface area (TPSA) is 91.9 Å². The van der Waals surface area contributed by atoms with Crippen LogP contribution in [0.4, 0.5) is 5.69 Å². The highest BCUT2D eigenvalue weighted by Gasteiger charge is 2.62. The first kappa shape index (κ1) is 11.0. The fourth-order valence-corrected chi connectivity index (χ4v) is 2.94. The van der Waals surface area contributed by atoms with Crippen molar-refractivity contribution >= 4 is 17.5 Å². The number of carbonyl (C=O) groups is 1. The first-order valence-corrected chi connectivity index (χ1v) is 6.01. The van der Waals surface area contributed by atoms with Crippen LogP contribution < -0.4 is 10.4 Å². The quantitative estimate of drug-likeness (QED) is 0.487. The van der Waals surface area contributed by atoms with E-state index >= 15 is 0 Å². The Hall–Kier alpha value is -1.89. The van der Waals surface area contributed by atoms with Crippen molar-refractivity contribution in [2.24, 2.45) is 0 Å². The minimum atomic E-state index is -1.53. The van der Waals surface area contributed by atoms with Crippen LogP contribution >= 0.6 is 0 Å². The van der Waals surface area contributed by atoms with Gasteiger partial charge in [0.1, 0.15) is 12.0 Å². The molecule has 2 fully saturated rings. The largest absolute Gasteiger partial charge is 0.507 e. The van der Waals surface area contributed by atoms with Crippen molar-refractivity contribution in [1.82, 2.24) is 5.32 Å². The lowest BCUT2D eigenvalue weighted by Crippen LogP contribution is -2.55. The fourth-order valence-electron chi connectivity index (χ4n) is 2.94. The van der Waals surface area contributed by atoms with Gasteiger partial charge in [-0.3, -0.25) is 4.79 Å². The number of aldehydes is 1. The van der Waals surface area contributed by atoms with Gasteiger partial charge in [0.05, 0.1) is 23.8 Å². The van der Waals surface area contributed by atoms with Gasteiger partial charge in [-0.1, -0.05) is 6.58 Å². The van der Waals surface area contributed by atoms with E-state index in [0.29, 0.717) is 35.2 Å². The molecular formula is C13H12N2O4. The van der Waals surface area contributed by atoms with Crippen LogP contribution in [0, 0.1) is 0 Å². The first-order chi connectivity index (χ1) is 9.04. The molecule has 3 unspecified atom stereocenters. The van der Waals surface area contributed by atoms with Gasteiger partial charge in [0.2, 0.25) is 5.79 Å². The van der Waals surface area contributed by atoms with E-state index in [9.17, 15) is 15.0 Å². The van der Waals surface area contributed by atoms with Crippen LogP contribution in [0.2, 0.25) is 0 Å². The molecular weight excluding hydrogens is 248 g/mol. The molecule has 98 valence electrons. The van der Waals surface area contributed by atoms with Crippen LogP contribution in [-0.2, 0) is 4.84 Å². The minimum Gasteiger partial charge on any atom is -0.507 e. The van der Waals surface area contributed by atoms with Gasteiger partial charge in [-0.15, -0.1) is 0 Å². The van der Waals surface area contributed by atoms with Gasteiger partial charge in [-0.2, -0.15) is 0 Å². The number of fused-ring (bicyclic) bond motifs is 6. The summed E-state index contributed by atoms with van der Waals surface area (Å²) in [4.78, 5) is 16.4. The molecule has 0 amide bonds. The van der Waals surface area contributed by atoms with Crippen molar-refractivity contribution in [3.05, 3.63) is 29.8 Å². The summed E-state index contributed by atoms with van der Waals surface area (Å²) in [6.07, 6.45) is 0.658. The van der Waals surface area contributed by atoms with Crippen molar-refractivity contribution in [3.63, 3.8) is 0 Å². The zero-order valence-electron chi connectivity index (χ0n) is 9.96. The molecule has 3 N–H and O–H groups in total. The number of phenolic OH excluding ortho intramolecular Hbond substituents is 1. The highest BCUT2D eigenvalue weighted by atomic mass is 16.8. The number of aliphatic hydroxyl groups is 1. The standard InChI is InChI=1S/C13H12N2O4/c1-6-11-9(2-7(5-16)3-10(11)17)15-4-8-12(14-8)13(6,18)19-15/h2-3,5,8,12,14,17-18H,1,4H2. The van der Waals surface area contributed by atoms with E-state index in [4.69, 9.17) is 4.84 Å². The normalized spacial score (nSPS) is 34.6. The summed E-state index contributed by atoms with van der Waals surface area (Å²) in [6.45, 7) is 4.40. The molecule has 2 saturated heterocycles. The number of anilines is 1. The Labute approximate surface area is 108 Å². The Kier molecular flexibility index (Phi) is 1.83. The summed E-state index contributed by atoms with van der Waals surface area (Å²) in [5.41, 5.74) is 1.66. The Morgan fingerprint density at radius 2 is 2.37 bits per heavy atom. The van der Waals surface area contributed by atoms with Crippen LogP contribution in [-0.4, -0.2) is 40.9 Å². The number of hydroxylamine groups is 1. The van der Waals surface area contributed by atoms with Gasteiger partial charge < -0.3 is 15.5 Å². The van der Waals surface area contributed by atoms with E-state index in [1.807, 2.05) is 0 Å². The SMILES string of the molecule is C=C1c2c(O)cc(C=O)cc2N2CC3NC3C1(O)O2.